The second kappa shape index (κ2) is 3.62. The van der Waals surface area contributed by atoms with Crippen LogP contribution < -0.4 is 0 Å². The lowest BCUT2D eigenvalue weighted by Gasteiger charge is -2.45. The van der Waals surface area contributed by atoms with Crippen LogP contribution >= 0.6 is 0 Å². The van der Waals surface area contributed by atoms with Gasteiger partial charge in [0.05, 0.1) is 12.7 Å². The van der Waals surface area contributed by atoms with Crippen LogP contribution in [0.15, 0.2) is 12.2 Å². The van der Waals surface area contributed by atoms with Crippen LogP contribution in [0.2, 0.25) is 0 Å². The third-order valence-corrected chi connectivity index (χ3v) is 2.59. The second-order valence-electron chi connectivity index (χ2n) is 3.78. The van der Waals surface area contributed by atoms with Gasteiger partial charge in [-0.3, -0.25) is 0 Å². The van der Waals surface area contributed by atoms with Gasteiger partial charge in [-0.15, -0.1) is 0 Å². The Morgan fingerprint density at radius 1 is 1.57 bits per heavy atom. The van der Waals surface area contributed by atoms with Crippen LogP contribution in [-0.4, -0.2) is 24.8 Å². The lowest BCUT2D eigenvalue weighted by Crippen LogP contribution is -2.56. The molecule has 2 rings (SSSR count). The minimum Gasteiger partial charge on any atom is -0.326 e. The van der Waals surface area contributed by atoms with E-state index in [4.69, 9.17) is 19.2 Å². The fraction of sp³-hybridized carbons (Fsp3) is 0.800. The molecule has 4 nitrogen and oxygen atoms in total. The quantitative estimate of drug-likeness (QED) is 0.503. The van der Waals surface area contributed by atoms with E-state index in [-0.39, 0.29) is 12.2 Å². The van der Waals surface area contributed by atoms with Crippen LogP contribution in [0.1, 0.15) is 26.7 Å². The van der Waals surface area contributed by atoms with Crippen molar-refractivity contribution in [3.05, 3.63) is 12.2 Å². The van der Waals surface area contributed by atoms with Gasteiger partial charge in [-0.2, -0.15) is 4.89 Å². The van der Waals surface area contributed by atoms with Crippen LogP contribution in [0.5, 0.6) is 0 Å². The highest BCUT2D eigenvalue weighted by molar-refractivity contribution is 5.03. The molecule has 0 aromatic rings. The predicted molar refractivity (Wildman–Crippen MR) is 49.2 cm³/mol. The summed E-state index contributed by atoms with van der Waals surface area (Å²) in [6, 6.07) is 0. The highest BCUT2D eigenvalue weighted by atomic mass is 17.3. The summed E-state index contributed by atoms with van der Waals surface area (Å²) in [7, 11) is 0. The van der Waals surface area contributed by atoms with Gasteiger partial charge in [0.25, 0.3) is 0 Å². The van der Waals surface area contributed by atoms with Crippen LogP contribution in [0, 0.1) is 0 Å². The van der Waals surface area contributed by atoms with Gasteiger partial charge < -0.3 is 9.47 Å². The molecule has 0 spiro atoms. The summed E-state index contributed by atoms with van der Waals surface area (Å²) in [6.45, 7) is 8.34. The van der Waals surface area contributed by atoms with E-state index in [0.717, 1.165) is 12.0 Å². The molecule has 0 saturated carbocycles. The van der Waals surface area contributed by atoms with Crippen LogP contribution in [0.25, 0.3) is 0 Å². The molecule has 2 fully saturated rings. The van der Waals surface area contributed by atoms with Gasteiger partial charge in [-0.1, -0.05) is 13.5 Å². The lowest BCUT2D eigenvalue weighted by atomic mass is 10.0. The van der Waals surface area contributed by atoms with Crippen molar-refractivity contribution in [1.82, 2.24) is 0 Å². The summed E-state index contributed by atoms with van der Waals surface area (Å²) in [5, 5.41) is 0. The average molecular weight is 200 g/mol. The molecule has 2 aliphatic heterocycles. The van der Waals surface area contributed by atoms with E-state index >= 15 is 0 Å². The maximum absolute atomic E-state index is 5.70. The van der Waals surface area contributed by atoms with E-state index in [1.54, 1.807) is 0 Å². The van der Waals surface area contributed by atoms with Crippen LogP contribution in [0.3, 0.4) is 0 Å². The standard InChI is InChI=1S/C10H16O4/c1-4-10-11-6-5-8(12-10)9(7(2)3)13-14-10/h8-9H,2,4-6H2,1,3H3/t8-,9-,10-/m1/s1. The van der Waals surface area contributed by atoms with Crippen molar-refractivity contribution in [2.75, 3.05) is 6.61 Å². The molecule has 80 valence electrons. The molecule has 0 aliphatic carbocycles. The van der Waals surface area contributed by atoms with Crippen molar-refractivity contribution in [2.45, 2.75) is 44.9 Å². The zero-order valence-corrected chi connectivity index (χ0v) is 8.62. The van der Waals surface area contributed by atoms with Gasteiger partial charge in [0, 0.05) is 12.8 Å². The number of rotatable bonds is 2. The fourth-order valence-corrected chi connectivity index (χ4v) is 1.74. The number of ether oxygens (including phenoxy) is 2. The summed E-state index contributed by atoms with van der Waals surface area (Å²) < 4.78 is 11.1. The van der Waals surface area contributed by atoms with E-state index in [1.165, 1.54) is 0 Å². The van der Waals surface area contributed by atoms with Gasteiger partial charge >= 0.3 is 5.97 Å². The Morgan fingerprint density at radius 3 is 3.00 bits per heavy atom. The molecule has 0 N–H and O–H groups in total. The first kappa shape index (κ1) is 10.1. The Labute approximate surface area is 83.7 Å². The Bertz CT molecular complexity index is 240. The first-order valence-corrected chi connectivity index (χ1v) is 4.98. The first-order chi connectivity index (χ1) is 6.67. The van der Waals surface area contributed by atoms with Gasteiger partial charge in [0.2, 0.25) is 0 Å². The van der Waals surface area contributed by atoms with E-state index in [9.17, 15) is 0 Å². The highest BCUT2D eigenvalue weighted by Gasteiger charge is 2.48. The molecule has 2 saturated heterocycles. The molecule has 0 radical (unpaired) electrons. The lowest BCUT2D eigenvalue weighted by molar-refractivity contribution is -0.575. The predicted octanol–water partition coefficient (Wildman–Crippen LogP) is 1.76. The monoisotopic (exact) mass is 200 g/mol. The van der Waals surface area contributed by atoms with Crippen molar-refractivity contribution < 1.29 is 19.2 Å². The molecule has 14 heavy (non-hydrogen) atoms. The Morgan fingerprint density at radius 2 is 2.36 bits per heavy atom. The van der Waals surface area contributed by atoms with Crippen molar-refractivity contribution in [3.63, 3.8) is 0 Å². The summed E-state index contributed by atoms with van der Waals surface area (Å²) in [5.74, 6) is -0.977. The molecular formula is C10H16O4. The molecule has 2 heterocycles. The Kier molecular flexibility index (Phi) is 2.62. The second-order valence-corrected chi connectivity index (χ2v) is 3.78. The molecule has 3 atom stereocenters. The van der Waals surface area contributed by atoms with Crippen molar-refractivity contribution in [1.29, 1.82) is 0 Å². The van der Waals surface area contributed by atoms with Crippen molar-refractivity contribution in [2.24, 2.45) is 0 Å². The largest absolute Gasteiger partial charge is 0.326 e. The smallest absolute Gasteiger partial charge is 0.312 e. The molecule has 0 amide bonds. The first-order valence-electron chi connectivity index (χ1n) is 4.98. The topological polar surface area (TPSA) is 36.9 Å². The third-order valence-electron chi connectivity index (χ3n) is 2.59. The van der Waals surface area contributed by atoms with E-state index in [2.05, 4.69) is 6.58 Å². The maximum Gasteiger partial charge on any atom is 0.312 e. The summed E-state index contributed by atoms with van der Waals surface area (Å²) in [5.41, 5.74) is 0.918. The summed E-state index contributed by atoms with van der Waals surface area (Å²) in [6.07, 6.45) is 1.28. The minimum absolute atomic E-state index is 0.00921. The van der Waals surface area contributed by atoms with Gasteiger partial charge in [0.15, 0.2) is 0 Å². The van der Waals surface area contributed by atoms with Gasteiger partial charge in [0.1, 0.15) is 6.10 Å². The van der Waals surface area contributed by atoms with Gasteiger partial charge in [-0.05, 0) is 12.5 Å². The zero-order valence-electron chi connectivity index (χ0n) is 8.62. The minimum atomic E-state index is -0.977. The zero-order chi connectivity index (χ0) is 10.2. The van der Waals surface area contributed by atoms with Crippen molar-refractivity contribution in [3.8, 4) is 0 Å². The molecule has 0 aromatic heterocycles. The number of hydrogen-bond acceptors (Lipinski definition) is 4. The van der Waals surface area contributed by atoms with E-state index < -0.39 is 5.97 Å². The Hall–Kier alpha value is -0.420. The van der Waals surface area contributed by atoms with E-state index in [1.807, 2.05) is 13.8 Å². The molecule has 2 aliphatic rings. The van der Waals surface area contributed by atoms with Crippen LogP contribution in [-0.2, 0) is 19.2 Å². The Balaban J connectivity index is 2.11. The third kappa shape index (κ3) is 1.59. The summed E-state index contributed by atoms with van der Waals surface area (Å²) in [4.78, 5) is 10.4. The number of fused-ring (bicyclic) bond motifs is 2. The number of hydrogen-bond donors (Lipinski definition) is 0. The van der Waals surface area contributed by atoms with Crippen LogP contribution in [0.4, 0.5) is 0 Å². The normalized spacial score (nSPS) is 42.1. The van der Waals surface area contributed by atoms with Crippen molar-refractivity contribution >= 4 is 0 Å². The van der Waals surface area contributed by atoms with Gasteiger partial charge in [-0.25, -0.2) is 4.89 Å². The molecule has 0 aromatic carbocycles. The molecular weight excluding hydrogens is 184 g/mol. The average Bonchev–Trinajstić information content (AvgIpc) is 2.18. The SMILES string of the molecule is C=C(C)[C@H]1OO[C@]2(CC)OCC[C@H]1O2. The maximum atomic E-state index is 5.70. The van der Waals surface area contributed by atoms with E-state index in [0.29, 0.717) is 13.0 Å². The molecule has 4 heteroatoms. The highest BCUT2D eigenvalue weighted by Crippen LogP contribution is 2.36. The molecule has 0 unspecified atom stereocenters. The summed E-state index contributed by atoms with van der Waals surface area (Å²) >= 11 is 0. The molecule has 2 bridgehead atoms. The fourth-order valence-electron chi connectivity index (χ4n) is 1.74.